The van der Waals surface area contributed by atoms with E-state index in [1.54, 1.807) is 18.2 Å². The maximum absolute atomic E-state index is 12.6. The molecule has 1 heterocycles. The van der Waals surface area contributed by atoms with Gasteiger partial charge in [-0.05, 0) is 75.3 Å². The molecule has 0 spiro atoms. The molecular weight excluding hydrogens is 374 g/mol. The third-order valence-electron chi connectivity index (χ3n) is 4.91. The lowest BCUT2D eigenvalue weighted by molar-refractivity contribution is 0.102. The minimum Gasteiger partial charge on any atom is -0.322 e. The SMILES string of the molecule is CC1Cc2cc(C(=O)Nc3ccc(CCN(C)C)cc3)ccc2N1S(C)(=O)=O. The molecule has 1 N–H and O–H groups in total. The van der Waals surface area contributed by atoms with E-state index in [2.05, 4.69) is 10.2 Å². The van der Waals surface area contributed by atoms with Gasteiger partial charge in [-0.25, -0.2) is 8.42 Å². The number of amides is 1. The number of hydrogen-bond donors (Lipinski definition) is 1. The monoisotopic (exact) mass is 401 g/mol. The van der Waals surface area contributed by atoms with Crippen molar-refractivity contribution in [1.82, 2.24) is 4.90 Å². The van der Waals surface area contributed by atoms with Gasteiger partial charge in [0.05, 0.1) is 11.9 Å². The van der Waals surface area contributed by atoms with Crippen LogP contribution in [0.15, 0.2) is 42.5 Å². The van der Waals surface area contributed by atoms with E-state index in [-0.39, 0.29) is 11.9 Å². The average molecular weight is 402 g/mol. The minimum absolute atomic E-state index is 0.141. The smallest absolute Gasteiger partial charge is 0.255 e. The first-order valence-corrected chi connectivity index (χ1v) is 11.2. The zero-order chi connectivity index (χ0) is 20.5. The van der Waals surface area contributed by atoms with Crippen molar-refractivity contribution in [3.05, 3.63) is 59.2 Å². The van der Waals surface area contributed by atoms with Gasteiger partial charge in [-0.3, -0.25) is 9.10 Å². The van der Waals surface area contributed by atoms with Crippen molar-refractivity contribution >= 4 is 27.3 Å². The van der Waals surface area contributed by atoms with Crippen molar-refractivity contribution < 1.29 is 13.2 Å². The number of carbonyl (C=O) groups excluding carboxylic acids is 1. The molecule has 0 saturated carbocycles. The second-order valence-corrected chi connectivity index (χ2v) is 9.52. The molecule has 2 aromatic carbocycles. The van der Waals surface area contributed by atoms with Gasteiger partial charge in [0.25, 0.3) is 5.91 Å². The van der Waals surface area contributed by atoms with E-state index in [0.29, 0.717) is 17.7 Å². The molecule has 7 heteroatoms. The number of fused-ring (bicyclic) bond motifs is 1. The second-order valence-electron chi connectivity index (χ2n) is 7.66. The highest BCUT2D eigenvalue weighted by atomic mass is 32.2. The van der Waals surface area contributed by atoms with Gasteiger partial charge >= 0.3 is 0 Å². The summed E-state index contributed by atoms with van der Waals surface area (Å²) in [6, 6.07) is 12.9. The van der Waals surface area contributed by atoms with Crippen molar-refractivity contribution in [2.45, 2.75) is 25.8 Å². The van der Waals surface area contributed by atoms with Gasteiger partial charge in [-0.2, -0.15) is 0 Å². The fourth-order valence-corrected chi connectivity index (χ4v) is 4.82. The molecule has 0 aromatic heterocycles. The molecule has 6 nitrogen and oxygen atoms in total. The number of sulfonamides is 1. The Balaban J connectivity index is 1.72. The molecule has 1 unspecified atom stereocenters. The van der Waals surface area contributed by atoms with E-state index in [0.717, 1.165) is 24.2 Å². The van der Waals surface area contributed by atoms with E-state index in [1.165, 1.54) is 16.1 Å². The Hall–Kier alpha value is -2.38. The summed E-state index contributed by atoms with van der Waals surface area (Å²) in [5.74, 6) is -0.200. The molecule has 1 aliphatic heterocycles. The first kappa shape index (κ1) is 20.4. The van der Waals surface area contributed by atoms with Crippen LogP contribution in [0.3, 0.4) is 0 Å². The highest BCUT2D eigenvalue weighted by Crippen LogP contribution is 2.34. The molecular formula is C21H27N3O3S. The van der Waals surface area contributed by atoms with Gasteiger partial charge in [-0.1, -0.05) is 12.1 Å². The fourth-order valence-electron chi connectivity index (χ4n) is 3.56. The molecule has 3 rings (SSSR count). The van der Waals surface area contributed by atoms with E-state index in [1.807, 2.05) is 45.3 Å². The summed E-state index contributed by atoms with van der Waals surface area (Å²) in [6.45, 7) is 2.85. The van der Waals surface area contributed by atoms with Crippen molar-refractivity contribution in [2.75, 3.05) is 36.5 Å². The highest BCUT2D eigenvalue weighted by Gasteiger charge is 2.32. The molecule has 1 amide bonds. The van der Waals surface area contributed by atoms with E-state index < -0.39 is 10.0 Å². The molecule has 28 heavy (non-hydrogen) atoms. The summed E-state index contributed by atoms with van der Waals surface area (Å²) >= 11 is 0. The van der Waals surface area contributed by atoms with Gasteiger partial charge in [0.1, 0.15) is 0 Å². The zero-order valence-corrected chi connectivity index (χ0v) is 17.6. The molecule has 0 saturated heterocycles. The minimum atomic E-state index is -3.33. The van der Waals surface area contributed by atoms with Crippen LogP contribution in [0.1, 0.15) is 28.4 Å². The van der Waals surface area contributed by atoms with Crippen LogP contribution in [0, 0.1) is 0 Å². The lowest BCUT2D eigenvalue weighted by atomic mass is 10.1. The number of nitrogens with zero attached hydrogens (tertiary/aromatic N) is 2. The van der Waals surface area contributed by atoms with Crippen molar-refractivity contribution in [3.63, 3.8) is 0 Å². The van der Waals surface area contributed by atoms with Crippen LogP contribution in [-0.2, 0) is 22.9 Å². The predicted molar refractivity (Wildman–Crippen MR) is 114 cm³/mol. The Bertz CT molecular complexity index is 969. The number of likely N-dealkylation sites (N-methyl/N-ethyl adjacent to an activating group) is 1. The van der Waals surface area contributed by atoms with E-state index in [9.17, 15) is 13.2 Å². The standard InChI is InChI=1S/C21H27N3O3S/c1-15-13-18-14-17(7-10-20(18)24(15)28(4,26)27)21(25)22-19-8-5-16(6-9-19)11-12-23(2)3/h5-10,14-15H,11-13H2,1-4H3,(H,22,25). The van der Waals surface area contributed by atoms with Crippen LogP contribution in [0.5, 0.6) is 0 Å². The summed E-state index contributed by atoms with van der Waals surface area (Å²) in [5, 5.41) is 2.91. The van der Waals surface area contributed by atoms with Crippen LogP contribution in [0.25, 0.3) is 0 Å². The van der Waals surface area contributed by atoms with Crippen molar-refractivity contribution in [3.8, 4) is 0 Å². The first-order valence-electron chi connectivity index (χ1n) is 9.32. The lowest BCUT2D eigenvalue weighted by Crippen LogP contribution is -2.34. The summed E-state index contributed by atoms with van der Waals surface area (Å²) in [4.78, 5) is 14.8. The molecule has 150 valence electrons. The number of carbonyl (C=O) groups is 1. The van der Waals surface area contributed by atoms with Crippen molar-refractivity contribution in [2.24, 2.45) is 0 Å². The Morgan fingerprint density at radius 1 is 1.18 bits per heavy atom. The van der Waals surface area contributed by atoms with Crippen LogP contribution in [0.4, 0.5) is 11.4 Å². The maximum atomic E-state index is 12.6. The van der Waals surface area contributed by atoms with Gasteiger partial charge in [0.2, 0.25) is 10.0 Å². The number of benzene rings is 2. The Morgan fingerprint density at radius 2 is 1.86 bits per heavy atom. The van der Waals surface area contributed by atoms with E-state index >= 15 is 0 Å². The third-order valence-corrected chi connectivity index (χ3v) is 6.18. The molecule has 0 fully saturated rings. The number of nitrogens with one attached hydrogen (secondary N) is 1. The van der Waals surface area contributed by atoms with Crippen molar-refractivity contribution in [1.29, 1.82) is 0 Å². The Morgan fingerprint density at radius 3 is 2.46 bits per heavy atom. The molecule has 0 bridgehead atoms. The van der Waals surface area contributed by atoms with Crippen LogP contribution < -0.4 is 9.62 Å². The molecule has 2 aromatic rings. The average Bonchev–Trinajstić information content (AvgIpc) is 2.96. The normalized spacial score (nSPS) is 16.3. The zero-order valence-electron chi connectivity index (χ0n) is 16.8. The highest BCUT2D eigenvalue weighted by molar-refractivity contribution is 7.92. The molecule has 0 aliphatic carbocycles. The Kier molecular flexibility index (Phi) is 5.76. The van der Waals surface area contributed by atoms with Gasteiger partial charge in [0.15, 0.2) is 0 Å². The predicted octanol–water partition coefficient (Wildman–Crippen LogP) is 2.75. The quantitative estimate of drug-likeness (QED) is 0.808. The summed E-state index contributed by atoms with van der Waals surface area (Å²) < 4.78 is 25.5. The maximum Gasteiger partial charge on any atom is 0.255 e. The van der Waals surface area contributed by atoms with Crippen LogP contribution >= 0.6 is 0 Å². The van der Waals surface area contributed by atoms with Gasteiger partial charge < -0.3 is 10.2 Å². The molecule has 0 radical (unpaired) electrons. The summed E-state index contributed by atoms with van der Waals surface area (Å²) in [6.07, 6.45) is 2.77. The summed E-state index contributed by atoms with van der Waals surface area (Å²) in [7, 11) is 0.754. The molecule has 1 aliphatic rings. The number of rotatable bonds is 6. The van der Waals surface area contributed by atoms with E-state index in [4.69, 9.17) is 0 Å². The lowest BCUT2D eigenvalue weighted by Gasteiger charge is -2.21. The number of anilines is 2. The fraction of sp³-hybridized carbons (Fsp3) is 0.381. The third kappa shape index (κ3) is 4.54. The Labute approximate surface area is 167 Å². The van der Waals surface area contributed by atoms with Gasteiger partial charge in [-0.15, -0.1) is 0 Å². The number of hydrogen-bond acceptors (Lipinski definition) is 4. The van der Waals surface area contributed by atoms with Crippen LogP contribution in [0.2, 0.25) is 0 Å². The molecule has 1 atom stereocenters. The second kappa shape index (κ2) is 7.93. The topological polar surface area (TPSA) is 69.7 Å². The first-order chi connectivity index (χ1) is 13.1. The summed E-state index contributed by atoms with van der Waals surface area (Å²) in [5.41, 5.74) is 4.03. The van der Waals surface area contributed by atoms with Crippen LogP contribution in [-0.4, -0.2) is 52.2 Å². The largest absolute Gasteiger partial charge is 0.322 e. The van der Waals surface area contributed by atoms with Gasteiger partial charge in [0, 0.05) is 23.8 Å².